The molecule has 0 aliphatic carbocycles. The summed E-state index contributed by atoms with van der Waals surface area (Å²) in [5.41, 5.74) is 0.649. The van der Waals surface area contributed by atoms with Gasteiger partial charge in [-0.1, -0.05) is 0 Å². The van der Waals surface area contributed by atoms with Crippen LogP contribution in [0.4, 0.5) is 5.82 Å². The van der Waals surface area contributed by atoms with Crippen molar-refractivity contribution in [3.05, 3.63) is 30.0 Å². The average molecular weight is 235 g/mol. The summed E-state index contributed by atoms with van der Waals surface area (Å²) in [6, 6.07) is 5.27. The van der Waals surface area contributed by atoms with E-state index in [0.717, 1.165) is 24.3 Å². The molecule has 18 heavy (non-hydrogen) atoms. The molecule has 6 heteroatoms. The molecule has 86 valence electrons. The molecule has 0 radical (unpaired) electrons. The molecule has 0 atom stereocenters. The van der Waals surface area contributed by atoms with Gasteiger partial charge in [-0.25, -0.2) is 9.97 Å². The topological polar surface area (TPSA) is 69.1 Å². The van der Waals surface area contributed by atoms with Crippen LogP contribution in [-0.2, 0) is 0 Å². The Morgan fingerprint density at radius 3 is 2.72 bits per heavy atom. The Morgan fingerprint density at radius 1 is 1.33 bits per heavy atom. The van der Waals surface area contributed by atoms with Crippen molar-refractivity contribution in [3.8, 4) is 0 Å². The number of carboxylic acid groups (broad SMARTS) is 1. The molecule has 3 heterocycles. The molecular formula is C12H10LiN3O2. The molecule has 0 N–H and O–H groups in total. The molecule has 5 nitrogen and oxygen atoms in total. The van der Waals surface area contributed by atoms with Crippen molar-refractivity contribution in [2.45, 2.75) is 6.42 Å². The maximum Gasteiger partial charge on any atom is 1.00 e. The van der Waals surface area contributed by atoms with Crippen LogP contribution >= 0.6 is 0 Å². The summed E-state index contributed by atoms with van der Waals surface area (Å²) in [6.45, 7) is 2.05. The summed E-state index contributed by atoms with van der Waals surface area (Å²) >= 11 is 0. The van der Waals surface area contributed by atoms with Crippen molar-refractivity contribution in [1.29, 1.82) is 0 Å². The second kappa shape index (κ2) is 4.97. The predicted molar refractivity (Wildman–Crippen MR) is 60.7 cm³/mol. The number of hydrogen-bond donors (Lipinski definition) is 0. The van der Waals surface area contributed by atoms with Gasteiger partial charge in [-0.15, -0.1) is 0 Å². The van der Waals surface area contributed by atoms with Crippen LogP contribution in [0.2, 0.25) is 0 Å². The van der Waals surface area contributed by atoms with Gasteiger partial charge in [-0.2, -0.15) is 0 Å². The van der Waals surface area contributed by atoms with Crippen LogP contribution in [-0.4, -0.2) is 29.0 Å². The fourth-order valence-electron chi connectivity index (χ4n) is 1.83. The van der Waals surface area contributed by atoms with Gasteiger partial charge in [-0.05, 0) is 24.6 Å². The molecule has 1 aliphatic heterocycles. The zero-order valence-electron chi connectivity index (χ0n) is 10.1. The first-order valence-electron chi connectivity index (χ1n) is 5.47. The molecule has 3 rings (SSSR count). The zero-order chi connectivity index (χ0) is 11.8. The Kier molecular flexibility index (Phi) is 3.55. The summed E-state index contributed by atoms with van der Waals surface area (Å²) in [5, 5.41) is 11.4. The Hall–Kier alpha value is -1.57. The van der Waals surface area contributed by atoms with Gasteiger partial charge >= 0.3 is 18.9 Å². The van der Waals surface area contributed by atoms with E-state index in [1.807, 2.05) is 12.1 Å². The number of carboxylic acids is 1. The maximum atomic E-state index is 10.7. The molecule has 0 saturated carbocycles. The van der Waals surface area contributed by atoms with E-state index in [1.165, 1.54) is 18.7 Å². The quantitative estimate of drug-likeness (QED) is 0.526. The number of carbonyl (C=O) groups excluding carboxylic acids is 1. The molecule has 0 unspecified atom stereocenters. The second-order valence-corrected chi connectivity index (χ2v) is 4.07. The summed E-state index contributed by atoms with van der Waals surface area (Å²) < 4.78 is 0. The van der Waals surface area contributed by atoms with Gasteiger partial charge < -0.3 is 14.8 Å². The Labute approximate surface area is 116 Å². The molecule has 2 aromatic rings. The summed E-state index contributed by atoms with van der Waals surface area (Å²) in [4.78, 5) is 21.3. The number of nitrogens with zero attached hydrogens (tertiary/aromatic N) is 3. The number of anilines is 1. The van der Waals surface area contributed by atoms with Crippen LogP contribution in [0.1, 0.15) is 16.8 Å². The number of fused-ring (bicyclic) bond motifs is 1. The van der Waals surface area contributed by atoms with E-state index in [0.29, 0.717) is 5.65 Å². The molecule has 1 aliphatic rings. The van der Waals surface area contributed by atoms with Crippen molar-refractivity contribution in [3.63, 3.8) is 0 Å². The minimum Gasteiger partial charge on any atom is -0.545 e. The normalized spacial score (nSPS) is 13.9. The molecule has 0 amide bonds. The molecule has 1 fully saturated rings. The van der Waals surface area contributed by atoms with Crippen molar-refractivity contribution < 1.29 is 28.8 Å². The van der Waals surface area contributed by atoms with E-state index in [4.69, 9.17) is 0 Å². The predicted octanol–water partition coefficient (Wildman–Crippen LogP) is -2.79. The van der Waals surface area contributed by atoms with E-state index >= 15 is 0 Å². The maximum absolute atomic E-state index is 10.7. The molecule has 1 saturated heterocycles. The van der Waals surface area contributed by atoms with E-state index < -0.39 is 5.97 Å². The fourth-order valence-corrected chi connectivity index (χ4v) is 1.83. The van der Waals surface area contributed by atoms with Crippen LogP contribution in [0.15, 0.2) is 24.4 Å². The molecule has 2 aromatic heterocycles. The monoisotopic (exact) mass is 235 g/mol. The minimum absolute atomic E-state index is 0. The third-order valence-corrected chi connectivity index (χ3v) is 2.94. The van der Waals surface area contributed by atoms with Gasteiger partial charge in [0.2, 0.25) is 0 Å². The van der Waals surface area contributed by atoms with Crippen LogP contribution in [0.3, 0.4) is 0 Å². The number of aromatic carboxylic acids is 1. The largest absolute Gasteiger partial charge is 1.00 e. The van der Waals surface area contributed by atoms with Crippen LogP contribution in [0.25, 0.3) is 11.0 Å². The smallest absolute Gasteiger partial charge is 0.545 e. The number of carbonyl (C=O) groups is 1. The van der Waals surface area contributed by atoms with Crippen molar-refractivity contribution >= 4 is 22.8 Å². The van der Waals surface area contributed by atoms with Gasteiger partial charge in [0.1, 0.15) is 5.82 Å². The molecular weight excluding hydrogens is 225 g/mol. The third-order valence-electron chi connectivity index (χ3n) is 2.94. The van der Waals surface area contributed by atoms with E-state index in [-0.39, 0.29) is 24.4 Å². The van der Waals surface area contributed by atoms with Gasteiger partial charge in [0.15, 0.2) is 5.65 Å². The molecule has 0 bridgehead atoms. The first-order valence-corrected chi connectivity index (χ1v) is 5.47. The number of rotatable bonds is 2. The Morgan fingerprint density at radius 2 is 2.11 bits per heavy atom. The summed E-state index contributed by atoms with van der Waals surface area (Å²) in [6.07, 6.45) is 2.47. The number of aromatic nitrogens is 2. The first kappa shape index (κ1) is 12.9. The minimum atomic E-state index is -1.22. The van der Waals surface area contributed by atoms with Crippen LogP contribution in [0, 0.1) is 0 Å². The summed E-state index contributed by atoms with van der Waals surface area (Å²) in [5.74, 6) is -0.316. The average Bonchev–Trinajstić information content (AvgIpc) is 2.26. The first-order chi connectivity index (χ1) is 8.24. The van der Waals surface area contributed by atoms with Crippen molar-refractivity contribution in [1.82, 2.24) is 9.97 Å². The third kappa shape index (κ3) is 2.19. The fraction of sp³-hybridized carbons (Fsp3) is 0.250. The Bertz CT molecular complexity index is 599. The van der Waals surface area contributed by atoms with E-state index in [1.54, 1.807) is 0 Å². The molecule has 0 spiro atoms. The van der Waals surface area contributed by atoms with Gasteiger partial charge in [0, 0.05) is 30.2 Å². The number of pyridine rings is 2. The number of hydrogen-bond acceptors (Lipinski definition) is 5. The van der Waals surface area contributed by atoms with E-state index in [2.05, 4.69) is 14.9 Å². The van der Waals surface area contributed by atoms with Gasteiger partial charge in [0.05, 0.1) is 5.97 Å². The van der Waals surface area contributed by atoms with Crippen molar-refractivity contribution in [2.24, 2.45) is 0 Å². The Balaban J connectivity index is 0.00000120. The summed E-state index contributed by atoms with van der Waals surface area (Å²) in [7, 11) is 0. The SMILES string of the molecule is O=C([O-])c1cnc2nc(N3CCC3)ccc2c1.[Li+]. The van der Waals surface area contributed by atoms with Crippen LogP contribution < -0.4 is 28.9 Å². The van der Waals surface area contributed by atoms with Crippen molar-refractivity contribution in [2.75, 3.05) is 18.0 Å². The van der Waals surface area contributed by atoms with Gasteiger partial charge in [0.25, 0.3) is 0 Å². The zero-order valence-corrected chi connectivity index (χ0v) is 10.1. The molecule has 0 aromatic carbocycles. The van der Waals surface area contributed by atoms with Crippen LogP contribution in [0.5, 0.6) is 0 Å². The van der Waals surface area contributed by atoms with Gasteiger partial charge in [-0.3, -0.25) is 0 Å². The second-order valence-electron chi connectivity index (χ2n) is 4.07. The standard InChI is InChI=1S/C12H11N3O2.Li/c16-12(17)9-6-8-2-3-10(15-4-1-5-15)14-11(8)13-7-9;/h2-3,6-7H,1,4-5H2,(H,16,17);/q;+1/p-1. The van der Waals surface area contributed by atoms with E-state index in [9.17, 15) is 9.90 Å².